The van der Waals surface area contributed by atoms with Gasteiger partial charge in [0.2, 0.25) is 0 Å². The highest BCUT2D eigenvalue weighted by atomic mass is 35.5. The molecule has 18 heavy (non-hydrogen) atoms. The summed E-state index contributed by atoms with van der Waals surface area (Å²) in [4.78, 5) is 24.8. The van der Waals surface area contributed by atoms with Gasteiger partial charge in [-0.2, -0.15) is 0 Å². The molecular formula is C11H12ClNO4S. The molecule has 1 amide bonds. The number of nitrogens with zero attached hydrogens (tertiary/aromatic N) is 1. The van der Waals surface area contributed by atoms with Gasteiger partial charge in [0.25, 0.3) is 5.91 Å². The number of carboxylic acids is 1. The van der Waals surface area contributed by atoms with Crippen LogP contribution in [0.1, 0.15) is 21.7 Å². The molecule has 0 saturated carbocycles. The molecule has 1 aromatic rings. The van der Waals surface area contributed by atoms with E-state index >= 15 is 0 Å². The molecule has 1 fully saturated rings. The van der Waals surface area contributed by atoms with Crippen molar-refractivity contribution in [1.29, 1.82) is 0 Å². The number of hydrogen-bond acceptors (Lipinski definition) is 4. The van der Waals surface area contributed by atoms with Gasteiger partial charge in [-0.3, -0.25) is 4.79 Å². The van der Waals surface area contributed by atoms with Gasteiger partial charge in [-0.05, 0) is 17.9 Å². The molecule has 1 saturated heterocycles. The number of likely N-dealkylation sites (tertiary alicyclic amines) is 1. The average molecular weight is 290 g/mol. The number of thiophene rings is 1. The minimum Gasteiger partial charge on any atom is -0.480 e. The summed E-state index contributed by atoms with van der Waals surface area (Å²) < 4.78 is 0. The van der Waals surface area contributed by atoms with Crippen molar-refractivity contribution in [2.24, 2.45) is 0 Å². The molecular weight excluding hydrogens is 278 g/mol. The van der Waals surface area contributed by atoms with Gasteiger partial charge in [-0.25, -0.2) is 4.79 Å². The van der Waals surface area contributed by atoms with E-state index in [2.05, 4.69) is 0 Å². The second-order valence-electron chi connectivity index (χ2n) is 4.26. The largest absolute Gasteiger partial charge is 0.480 e. The molecule has 7 heteroatoms. The Labute approximate surface area is 113 Å². The van der Waals surface area contributed by atoms with E-state index in [-0.39, 0.29) is 13.0 Å². The van der Waals surface area contributed by atoms with Crippen molar-refractivity contribution in [3.63, 3.8) is 0 Å². The van der Waals surface area contributed by atoms with Crippen LogP contribution in [0, 0.1) is 6.92 Å². The highest BCUT2D eigenvalue weighted by molar-refractivity contribution is 7.13. The Morgan fingerprint density at radius 2 is 2.22 bits per heavy atom. The summed E-state index contributed by atoms with van der Waals surface area (Å²) in [5.41, 5.74) is 0.789. The van der Waals surface area contributed by atoms with E-state index in [1.807, 2.05) is 0 Å². The van der Waals surface area contributed by atoms with E-state index in [9.17, 15) is 14.7 Å². The van der Waals surface area contributed by atoms with Crippen molar-refractivity contribution >= 4 is 34.8 Å². The number of halogens is 1. The number of aliphatic hydroxyl groups excluding tert-OH is 1. The molecule has 1 aliphatic rings. The van der Waals surface area contributed by atoms with Gasteiger partial charge < -0.3 is 15.1 Å². The predicted octanol–water partition coefficient (Wildman–Crippen LogP) is 1.37. The molecule has 0 radical (unpaired) electrons. The normalized spacial score (nSPS) is 23.4. The van der Waals surface area contributed by atoms with Gasteiger partial charge >= 0.3 is 5.97 Å². The van der Waals surface area contributed by atoms with Crippen LogP contribution in [0.2, 0.25) is 5.02 Å². The monoisotopic (exact) mass is 289 g/mol. The van der Waals surface area contributed by atoms with Crippen LogP contribution in [0.4, 0.5) is 0 Å². The molecule has 2 N–H and O–H groups in total. The number of rotatable bonds is 2. The summed E-state index contributed by atoms with van der Waals surface area (Å²) in [5, 5.41) is 20.6. The van der Waals surface area contributed by atoms with E-state index in [0.29, 0.717) is 9.90 Å². The van der Waals surface area contributed by atoms with Gasteiger partial charge in [-0.15, -0.1) is 11.3 Å². The fraction of sp³-hybridized carbons (Fsp3) is 0.455. The second kappa shape index (κ2) is 4.87. The second-order valence-corrected chi connectivity index (χ2v) is 5.52. The number of aliphatic hydroxyl groups is 1. The van der Waals surface area contributed by atoms with Crippen molar-refractivity contribution < 1.29 is 19.8 Å². The minimum atomic E-state index is -1.11. The van der Waals surface area contributed by atoms with E-state index < -0.39 is 24.0 Å². The van der Waals surface area contributed by atoms with Crippen LogP contribution in [0.15, 0.2) is 5.38 Å². The molecule has 98 valence electrons. The number of amides is 1. The molecule has 1 aromatic heterocycles. The fourth-order valence-electron chi connectivity index (χ4n) is 1.98. The molecule has 2 atom stereocenters. The summed E-state index contributed by atoms with van der Waals surface area (Å²) >= 11 is 7.19. The predicted molar refractivity (Wildman–Crippen MR) is 67.2 cm³/mol. The fourth-order valence-corrected chi connectivity index (χ4v) is 3.21. The third kappa shape index (κ3) is 2.23. The maximum absolute atomic E-state index is 12.2. The zero-order chi connectivity index (χ0) is 13.4. The van der Waals surface area contributed by atoms with Crippen molar-refractivity contribution in [3.8, 4) is 0 Å². The van der Waals surface area contributed by atoms with Crippen LogP contribution in [-0.4, -0.2) is 45.7 Å². The average Bonchev–Trinajstić information content (AvgIpc) is 2.84. The van der Waals surface area contributed by atoms with Gasteiger partial charge in [0.15, 0.2) is 0 Å². The van der Waals surface area contributed by atoms with Gasteiger partial charge in [-0.1, -0.05) is 11.6 Å². The van der Waals surface area contributed by atoms with Crippen molar-refractivity contribution in [2.45, 2.75) is 25.5 Å². The Bertz CT molecular complexity index is 501. The number of carboxylic acid groups (broad SMARTS) is 1. The lowest BCUT2D eigenvalue weighted by molar-refractivity contribution is -0.141. The summed E-state index contributed by atoms with van der Waals surface area (Å²) in [6.45, 7) is 1.81. The Kier molecular flexibility index (Phi) is 3.61. The zero-order valence-corrected chi connectivity index (χ0v) is 11.2. The summed E-state index contributed by atoms with van der Waals surface area (Å²) in [7, 11) is 0. The summed E-state index contributed by atoms with van der Waals surface area (Å²) in [6.07, 6.45) is -0.738. The molecule has 2 heterocycles. The molecule has 5 nitrogen and oxygen atoms in total. The lowest BCUT2D eigenvalue weighted by Crippen LogP contribution is -2.40. The van der Waals surface area contributed by atoms with Gasteiger partial charge in [0, 0.05) is 13.0 Å². The smallest absolute Gasteiger partial charge is 0.326 e. The van der Waals surface area contributed by atoms with E-state index in [1.54, 1.807) is 12.3 Å². The first-order chi connectivity index (χ1) is 8.41. The van der Waals surface area contributed by atoms with Crippen LogP contribution < -0.4 is 0 Å². The first-order valence-corrected chi connectivity index (χ1v) is 6.63. The van der Waals surface area contributed by atoms with Crippen molar-refractivity contribution in [1.82, 2.24) is 4.90 Å². The zero-order valence-electron chi connectivity index (χ0n) is 9.59. The molecule has 1 aliphatic heterocycles. The van der Waals surface area contributed by atoms with Crippen LogP contribution in [-0.2, 0) is 4.79 Å². The van der Waals surface area contributed by atoms with E-state index in [0.717, 1.165) is 5.56 Å². The number of β-amino-alcohol motifs (C(OH)–C–C–N with tert-alkyl or cyclic N) is 1. The SMILES string of the molecule is Cc1csc(C(=O)N2CC(O)C[C@H]2C(=O)O)c1Cl. The number of hydrogen-bond donors (Lipinski definition) is 2. The van der Waals surface area contributed by atoms with Crippen molar-refractivity contribution in [3.05, 3.63) is 20.8 Å². The van der Waals surface area contributed by atoms with Crippen LogP contribution >= 0.6 is 22.9 Å². The van der Waals surface area contributed by atoms with Gasteiger partial charge in [0.05, 0.1) is 11.1 Å². The summed E-state index contributed by atoms with van der Waals surface area (Å²) in [5.74, 6) is -1.54. The molecule has 0 aromatic carbocycles. The Hall–Kier alpha value is -1.11. The van der Waals surface area contributed by atoms with Crippen LogP contribution in [0.25, 0.3) is 0 Å². The van der Waals surface area contributed by atoms with Crippen molar-refractivity contribution in [2.75, 3.05) is 6.54 Å². The standard InChI is InChI=1S/C11H12ClNO4S/c1-5-4-18-9(8(5)12)10(15)13-3-6(14)2-7(13)11(16)17/h4,6-7,14H,2-3H2,1H3,(H,16,17)/t6?,7-/m0/s1. The topological polar surface area (TPSA) is 77.8 Å². The number of aryl methyl sites for hydroxylation is 1. The molecule has 2 rings (SSSR count). The lowest BCUT2D eigenvalue weighted by Gasteiger charge is -2.20. The molecule has 0 bridgehead atoms. The quantitative estimate of drug-likeness (QED) is 0.862. The highest BCUT2D eigenvalue weighted by Crippen LogP contribution is 2.30. The Morgan fingerprint density at radius 3 is 2.72 bits per heavy atom. The third-order valence-corrected chi connectivity index (χ3v) is 4.60. The first-order valence-electron chi connectivity index (χ1n) is 5.37. The van der Waals surface area contributed by atoms with Gasteiger partial charge in [0.1, 0.15) is 10.9 Å². The number of carbonyl (C=O) groups is 2. The molecule has 1 unspecified atom stereocenters. The maximum atomic E-state index is 12.2. The maximum Gasteiger partial charge on any atom is 0.326 e. The first kappa shape index (κ1) is 13.3. The summed E-state index contributed by atoms with van der Waals surface area (Å²) in [6, 6.07) is -0.981. The highest BCUT2D eigenvalue weighted by Gasteiger charge is 2.40. The Balaban J connectivity index is 2.28. The number of aliphatic carboxylic acids is 1. The number of carbonyl (C=O) groups excluding carboxylic acids is 1. The third-order valence-electron chi connectivity index (χ3n) is 2.92. The minimum absolute atomic E-state index is 0.0308. The van der Waals surface area contributed by atoms with E-state index in [4.69, 9.17) is 16.7 Å². The molecule has 0 spiro atoms. The van der Waals surface area contributed by atoms with E-state index in [1.165, 1.54) is 16.2 Å². The van der Waals surface area contributed by atoms with Crippen LogP contribution in [0.5, 0.6) is 0 Å². The Morgan fingerprint density at radius 1 is 1.56 bits per heavy atom. The molecule has 0 aliphatic carbocycles. The lowest BCUT2D eigenvalue weighted by atomic mass is 10.2. The van der Waals surface area contributed by atoms with Crippen LogP contribution in [0.3, 0.4) is 0 Å².